The van der Waals surface area contributed by atoms with Crippen molar-refractivity contribution < 1.29 is 0 Å². The summed E-state index contributed by atoms with van der Waals surface area (Å²) in [6, 6.07) is 0. The molecule has 0 aliphatic carbocycles. The topological polar surface area (TPSA) is 0 Å². The van der Waals surface area contributed by atoms with Crippen LogP contribution < -0.4 is 0 Å². The van der Waals surface area contributed by atoms with Crippen LogP contribution in [0.15, 0.2) is 0 Å². The summed E-state index contributed by atoms with van der Waals surface area (Å²) in [4.78, 5) is 2.83. The Kier molecular flexibility index (Phi) is 12.8. The van der Waals surface area contributed by atoms with Crippen molar-refractivity contribution in [3.63, 3.8) is 0 Å². The van der Waals surface area contributed by atoms with Gasteiger partial charge >= 0.3 is 100 Å². The quantitative estimate of drug-likeness (QED) is 0.371. The monoisotopic (exact) mass is 274 g/mol. The van der Waals surface area contributed by atoms with Crippen LogP contribution in [0.4, 0.5) is 0 Å². The van der Waals surface area contributed by atoms with E-state index < -0.39 is 15.2 Å². The molecule has 0 amide bonds. The molecule has 0 fully saturated rings. The van der Waals surface area contributed by atoms with E-state index in [0.717, 1.165) is 0 Å². The van der Waals surface area contributed by atoms with E-state index in [1.807, 2.05) is 0 Å². The standard InChI is InChI=1S/2C6H13.ClH.Ga/c2*1-3-5-6-4-2;;/h2*1,3-6H2,2H3;1H;/q;;;+1/p-1. The molecule has 0 aliphatic rings. The van der Waals surface area contributed by atoms with Crippen molar-refractivity contribution in [2.24, 2.45) is 0 Å². The van der Waals surface area contributed by atoms with Gasteiger partial charge < -0.3 is 0 Å². The fraction of sp³-hybridized carbons (Fsp3) is 1.00. The molecule has 0 aromatic heterocycles. The SMILES string of the molecule is CCCCC[CH2][Ga]([Cl])[CH2]CCCCC. The van der Waals surface area contributed by atoms with E-state index in [1.54, 1.807) is 0 Å². The fourth-order valence-corrected chi connectivity index (χ4v) is 7.01. The van der Waals surface area contributed by atoms with Crippen LogP contribution in [-0.2, 0) is 0 Å². The second kappa shape index (κ2) is 12.0. The molecule has 0 unspecified atom stereocenters. The van der Waals surface area contributed by atoms with Crippen molar-refractivity contribution in [1.29, 1.82) is 0 Å². The van der Waals surface area contributed by atoms with Crippen molar-refractivity contribution in [3.05, 3.63) is 0 Å². The van der Waals surface area contributed by atoms with Crippen molar-refractivity contribution in [2.45, 2.75) is 75.2 Å². The normalized spacial score (nSPS) is 10.5. The predicted molar refractivity (Wildman–Crippen MR) is 69.5 cm³/mol. The molecule has 0 nitrogen and oxygen atoms in total. The first-order valence-electron chi connectivity index (χ1n) is 6.45. The van der Waals surface area contributed by atoms with Gasteiger partial charge in [0.1, 0.15) is 0 Å². The average molecular weight is 276 g/mol. The van der Waals surface area contributed by atoms with E-state index >= 15 is 0 Å². The van der Waals surface area contributed by atoms with Crippen LogP contribution in [0.2, 0.25) is 9.95 Å². The van der Waals surface area contributed by atoms with Crippen LogP contribution in [-0.4, -0.2) is 15.2 Å². The van der Waals surface area contributed by atoms with E-state index in [9.17, 15) is 0 Å². The first-order valence-corrected chi connectivity index (χ1v) is 13.1. The van der Waals surface area contributed by atoms with Crippen molar-refractivity contribution in [1.82, 2.24) is 0 Å². The molecule has 0 aromatic carbocycles. The maximum atomic E-state index is 6.43. The molecule has 0 saturated heterocycles. The third-order valence-electron chi connectivity index (χ3n) is 2.74. The summed E-state index contributed by atoms with van der Waals surface area (Å²) in [5.41, 5.74) is 0. The Balaban J connectivity index is 3.07. The Hall–Kier alpha value is 0.926. The molecule has 0 N–H and O–H groups in total. The molecule has 0 radical (unpaired) electrons. The third kappa shape index (κ3) is 11.0. The van der Waals surface area contributed by atoms with Gasteiger partial charge in [-0.25, -0.2) is 0 Å². The summed E-state index contributed by atoms with van der Waals surface area (Å²) in [5.74, 6) is 0. The number of halogens is 1. The number of rotatable bonds is 10. The van der Waals surface area contributed by atoms with E-state index in [0.29, 0.717) is 0 Å². The van der Waals surface area contributed by atoms with Gasteiger partial charge in [0.15, 0.2) is 0 Å². The zero-order valence-electron chi connectivity index (χ0n) is 10.0. The Morgan fingerprint density at radius 1 is 0.714 bits per heavy atom. The summed E-state index contributed by atoms with van der Waals surface area (Å²) in [7, 11) is 6.43. The van der Waals surface area contributed by atoms with Crippen LogP contribution in [0.5, 0.6) is 0 Å². The molecule has 84 valence electrons. The molecule has 0 aromatic rings. The first-order chi connectivity index (χ1) is 6.81. The van der Waals surface area contributed by atoms with Crippen molar-refractivity contribution in [2.75, 3.05) is 0 Å². The van der Waals surface area contributed by atoms with Crippen molar-refractivity contribution in [3.8, 4) is 0 Å². The summed E-state index contributed by atoms with van der Waals surface area (Å²) < 4.78 is 0. The molecule has 0 aliphatic heterocycles. The Bertz CT molecular complexity index is 94.5. The molecule has 0 bridgehead atoms. The molecule has 0 rings (SSSR count). The molecule has 0 saturated carbocycles. The molecule has 0 spiro atoms. The van der Waals surface area contributed by atoms with E-state index in [4.69, 9.17) is 9.64 Å². The third-order valence-corrected chi connectivity index (χ3v) is 9.35. The van der Waals surface area contributed by atoms with Gasteiger partial charge in [0.2, 0.25) is 0 Å². The average Bonchev–Trinajstić information content (AvgIpc) is 2.19. The molecule has 2 heteroatoms. The van der Waals surface area contributed by atoms with Gasteiger partial charge in [-0.05, 0) is 0 Å². The Morgan fingerprint density at radius 3 is 1.50 bits per heavy atom. The zero-order chi connectivity index (χ0) is 10.6. The predicted octanol–water partition coefficient (Wildman–Crippen LogP) is 5.38. The van der Waals surface area contributed by atoms with Crippen LogP contribution in [0, 0.1) is 0 Å². The van der Waals surface area contributed by atoms with Gasteiger partial charge in [-0.15, -0.1) is 0 Å². The second-order valence-corrected chi connectivity index (χ2v) is 12.4. The Morgan fingerprint density at radius 2 is 1.14 bits per heavy atom. The van der Waals surface area contributed by atoms with Crippen LogP contribution >= 0.6 is 9.64 Å². The van der Waals surface area contributed by atoms with Gasteiger partial charge in [0.25, 0.3) is 0 Å². The summed E-state index contributed by atoms with van der Waals surface area (Å²) in [6.07, 6.45) is 11.2. The minimum atomic E-state index is -1.26. The zero-order valence-corrected chi connectivity index (χ0v) is 13.2. The second-order valence-electron chi connectivity index (χ2n) is 4.30. The van der Waals surface area contributed by atoms with E-state index in [1.165, 1.54) is 61.3 Å². The minimum absolute atomic E-state index is 1.26. The van der Waals surface area contributed by atoms with E-state index in [-0.39, 0.29) is 0 Å². The molecule has 0 heterocycles. The van der Waals surface area contributed by atoms with Crippen LogP contribution in [0.25, 0.3) is 0 Å². The van der Waals surface area contributed by atoms with Gasteiger partial charge in [-0.3, -0.25) is 0 Å². The molecular weight excluding hydrogens is 249 g/mol. The molecular formula is C12H26ClGa. The van der Waals surface area contributed by atoms with Gasteiger partial charge in [0, 0.05) is 0 Å². The fourth-order valence-electron chi connectivity index (χ4n) is 1.73. The number of hydrogen-bond acceptors (Lipinski definition) is 0. The molecule has 0 atom stereocenters. The van der Waals surface area contributed by atoms with Crippen LogP contribution in [0.1, 0.15) is 65.2 Å². The number of unbranched alkanes of at least 4 members (excludes halogenated alkanes) is 6. The number of hydrogen-bond donors (Lipinski definition) is 0. The Labute approximate surface area is 99.9 Å². The van der Waals surface area contributed by atoms with Gasteiger partial charge in [-0.2, -0.15) is 0 Å². The maximum absolute atomic E-state index is 6.43. The van der Waals surface area contributed by atoms with Gasteiger partial charge in [0.05, 0.1) is 0 Å². The van der Waals surface area contributed by atoms with E-state index in [2.05, 4.69) is 13.8 Å². The first kappa shape index (κ1) is 14.9. The van der Waals surface area contributed by atoms with Gasteiger partial charge in [-0.1, -0.05) is 0 Å². The summed E-state index contributed by atoms with van der Waals surface area (Å²) >= 11 is -1.26. The van der Waals surface area contributed by atoms with Crippen LogP contribution in [0.3, 0.4) is 0 Å². The summed E-state index contributed by atoms with van der Waals surface area (Å²) in [6.45, 7) is 4.54. The summed E-state index contributed by atoms with van der Waals surface area (Å²) in [5, 5.41) is 0. The van der Waals surface area contributed by atoms with Crippen molar-refractivity contribution >= 4 is 24.9 Å². The molecule has 14 heavy (non-hydrogen) atoms.